The largest absolute Gasteiger partial charge is 0.356 e. The van der Waals surface area contributed by atoms with Gasteiger partial charge in [0.2, 0.25) is 0 Å². The molecule has 1 saturated heterocycles. The molecule has 0 unspecified atom stereocenters. The Morgan fingerprint density at radius 1 is 1.00 bits per heavy atom. The summed E-state index contributed by atoms with van der Waals surface area (Å²) < 4.78 is 0. The summed E-state index contributed by atoms with van der Waals surface area (Å²) in [5.74, 6) is 1.58. The van der Waals surface area contributed by atoms with Crippen LogP contribution in [0.15, 0.2) is 29.3 Å². The van der Waals surface area contributed by atoms with E-state index in [4.69, 9.17) is 0 Å². The summed E-state index contributed by atoms with van der Waals surface area (Å²) in [5, 5.41) is 6.77. The van der Waals surface area contributed by atoms with Crippen molar-refractivity contribution < 1.29 is 0 Å². The van der Waals surface area contributed by atoms with E-state index < -0.39 is 0 Å². The fourth-order valence-corrected chi connectivity index (χ4v) is 3.17. The van der Waals surface area contributed by atoms with Crippen LogP contribution in [0.25, 0.3) is 0 Å². The van der Waals surface area contributed by atoms with Crippen LogP contribution in [-0.4, -0.2) is 62.1 Å². The van der Waals surface area contributed by atoms with E-state index in [0.29, 0.717) is 5.92 Å². The van der Waals surface area contributed by atoms with Gasteiger partial charge < -0.3 is 15.5 Å². The molecule has 154 valence electrons. The van der Waals surface area contributed by atoms with E-state index in [9.17, 15) is 0 Å². The maximum absolute atomic E-state index is 4.29. The number of rotatable bonds is 8. The standard InChI is InChI=1S/C21H37N5.HI/c1-5-25-12-14-26(15-13-25)17-20-8-6-19(7-9-20)16-24-21(22-4)23-11-10-18(2)3;/h6-9,18H,5,10-17H2,1-4H3,(H2,22,23,24);1H. The maximum Gasteiger partial charge on any atom is 0.191 e. The molecule has 0 spiro atoms. The molecule has 6 heteroatoms. The summed E-state index contributed by atoms with van der Waals surface area (Å²) in [7, 11) is 1.83. The molecule has 1 aromatic carbocycles. The van der Waals surface area contributed by atoms with Crippen molar-refractivity contribution in [3.63, 3.8) is 0 Å². The minimum absolute atomic E-state index is 0. The fourth-order valence-electron chi connectivity index (χ4n) is 3.17. The van der Waals surface area contributed by atoms with Crippen LogP contribution in [0.4, 0.5) is 0 Å². The Morgan fingerprint density at radius 2 is 1.59 bits per heavy atom. The number of guanidine groups is 1. The van der Waals surface area contributed by atoms with Gasteiger partial charge in [-0.1, -0.05) is 45.0 Å². The molecule has 1 fully saturated rings. The van der Waals surface area contributed by atoms with Gasteiger partial charge >= 0.3 is 0 Å². The number of nitrogens with zero attached hydrogens (tertiary/aromatic N) is 3. The predicted molar refractivity (Wildman–Crippen MR) is 127 cm³/mol. The van der Waals surface area contributed by atoms with Crippen LogP contribution in [0.2, 0.25) is 0 Å². The highest BCUT2D eigenvalue weighted by atomic mass is 127. The van der Waals surface area contributed by atoms with Gasteiger partial charge in [0.05, 0.1) is 0 Å². The van der Waals surface area contributed by atoms with E-state index in [1.165, 1.54) is 43.9 Å². The molecule has 0 aliphatic carbocycles. The smallest absolute Gasteiger partial charge is 0.191 e. The number of hydrogen-bond acceptors (Lipinski definition) is 3. The van der Waals surface area contributed by atoms with Crippen LogP contribution in [0.5, 0.6) is 0 Å². The van der Waals surface area contributed by atoms with Crippen LogP contribution in [0.1, 0.15) is 38.3 Å². The zero-order valence-corrected chi connectivity index (χ0v) is 19.8. The minimum Gasteiger partial charge on any atom is -0.356 e. The summed E-state index contributed by atoms with van der Waals surface area (Å²) in [6, 6.07) is 8.98. The van der Waals surface area contributed by atoms with Gasteiger partial charge in [0.25, 0.3) is 0 Å². The molecule has 0 atom stereocenters. The first-order chi connectivity index (χ1) is 12.6. The second-order valence-electron chi connectivity index (χ2n) is 7.56. The number of nitrogens with one attached hydrogen (secondary N) is 2. The molecular formula is C21H38IN5. The first-order valence-corrected chi connectivity index (χ1v) is 10.1. The van der Waals surface area contributed by atoms with Crippen molar-refractivity contribution in [2.45, 2.75) is 40.3 Å². The lowest BCUT2D eigenvalue weighted by Crippen LogP contribution is -2.45. The Kier molecular flexibility index (Phi) is 11.9. The topological polar surface area (TPSA) is 42.9 Å². The minimum atomic E-state index is 0. The van der Waals surface area contributed by atoms with Crippen LogP contribution < -0.4 is 10.6 Å². The molecule has 1 aliphatic rings. The van der Waals surface area contributed by atoms with Crippen LogP contribution >= 0.6 is 24.0 Å². The Labute approximate surface area is 183 Å². The van der Waals surface area contributed by atoms with Crippen molar-refractivity contribution in [3.05, 3.63) is 35.4 Å². The van der Waals surface area contributed by atoms with E-state index in [1.54, 1.807) is 0 Å². The Hall–Kier alpha value is -0.860. The number of halogens is 1. The third-order valence-electron chi connectivity index (χ3n) is 5.04. The summed E-state index contributed by atoms with van der Waals surface area (Å²) >= 11 is 0. The Bertz CT molecular complexity index is 536. The van der Waals surface area contributed by atoms with Gasteiger partial charge in [0, 0.05) is 52.9 Å². The Morgan fingerprint density at radius 3 is 2.15 bits per heavy atom. The number of piperazine rings is 1. The van der Waals surface area contributed by atoms with Gasteiger partial charge in [-0.2, -0.15) is 0 Å². The number of aliphatic imine (C=N–C) groups is 1. The molecule has 2 N–H and O–H groups in total. The Balaban J connectivity index is 0.00000364. The molecule has 1 heterocycles. The van der Waals surface area contributed by atoms with Crippen molar-refractivity contribution >= 4 is 29.9 Å². The lowest BCUT2D eigenvalue weighted by Gasteiger charge is -2.34. The SMILES string of the molecule is CCN1CCN(Cc2ccc(CNC(=NC)NCCC(C)C)cc2)CC1.I. The molecular weight excluding hydrogens is 449 g/mol. The van der Waals surface area contributed by atoms with Gasteiger partial charge in [-0.15, -0.1) is 24.0 Å². The first-order valence-electron chi connectivity index (χ1n) is 10.1. The summed E-state index contributed by atoms with van der Waals surface area (Å²) in [5.41, 5.74) is 2.69. The second kappa shape index (κ2) is 13.3. The van der Waals surface area contributed by atoms with Crippen LogP contribution in [0.3, 0.4) is 0 Å². The fraction of sp³-hybridized carbons (Fsp3) is 0.667. The average molecular weight is 487 g/mol. The van der Waals surface area contributed by atoms with E-state index in [2.05, 4.69) is 70.5 Å². The molecule has 1 aromatic rings. The zero-order chi connectivity index (χ0) is 18.8. The van der Waals surface area contributed by atoms with Crippen LogP contribution in [0, 0.1) is 5.92 Å². The highest BCUT2D eigenvalue weighted by Crippen LogP contribution is 2.10. The van der Waals surface area contributed by atoms with Gasteiger partial charge in [0.1, 0.15) is 0 Å². The number of benzene rings is 1. The van der Waals surface area contributed by atoms with Gasteiger partial charge in [0.15, 0.2) is 5.96 Å². The molecule has 0 radical (unpaired) electrons. The highest BCUT2D eigenvalue weighted by Gasteiger charge is 2.15. The summed E-state index contributed by atoms with van der Waals surface area (Å²) in [6.07, 6.45) is 1.15. The first kappa shape index (κ1) is 24.2. The van der Waals surface area contributed by atoms with Crippen molar-refractivity contribution in [2.24, 2.45) is 10.9 Å². The van der Waals surface area contributed by atoms with Gasteiger partial charge in [-0.25, -0.2) is 0 Å². The molecule has 1 aliphatic heterocycles. The molecule has 0 amide bonds. The summed E-state index contributed by atoms with van der Waals surface area (Å²) in [6.45, 7) is 15.5. The third kappa shape index (κ3) is 9.25. The predicted octanol–water partition coefficient (Wildman–Crippen LogP) is 3.15. The van der Waals surface area contributed by atoms with E-state index >= 15 is 0 Å². The van der Waals surface area contributed by atoms with Gasteiger partial charge in [-0.3, -0.25) is 9.89 Å². The van der Waals surface area contributed by atoms with E-state index in [1.807, 2.05) is 7.05 Å². The highest BCUT2D eigenvalue weighted by molar-refractivity contribution is 14.0. The maximum atomic E-state index is 4.29. The second-order valence-corrected chi connectivity index (χ2v) is 7.56. The quantitative estimate of drug-likeness (QED) is 0.336. The van der Waals surface area contributed by atoms with Gasteiger partial charge in [-0.05, 0) is 30.0 Å². The lowest BCUT2D eigenvalue weighted by atomic mass is 10.1. The van der Waals surface area contributed by atoms with Crippen molar-refractivity contribution in [1.82, 2.24) is 20.4 Å². The molecule has 27 heavy (non-hydrogen) atoms. The van der Waals surface area contributed by atoms with E-state index in [0.717, 1.165) is 32.0 Å². The zero-order valence-electron chi connectivity index (χ0n) is 17.5. The molecule has 2 rings (SSSR count). The lowest BCUT2D eigenvalue weighted by molar-refractivity contribution is 0.132. The number of likely N-dealkylation sites (N-methyl/N-ethyl adjacent to an activating group) is 1. The van der Waals surface area contributed by atoms with Crippen molar-refractivity contribution in [1.29, 1.82) is 0 Å². The summed E-state index contributed by atoms with van der Waals surface area (Å²) in [4.78, 5) is 9.37. The van der Waals surface area contributed by atoms with Crippen molar-refractivity contribution in [3.8, 4) is 0 Å². The monoisotopic (exact) mass is 487 g/mol. The average Bonchev–Trinajstić information content (AvgIpc) is 2.66. The van der Waals surface area contributed by atoms with E-state index in [-0.39, 0.29) is 24.0 Å². The number of hydrogen-bond donors (Lipinski definition) is 2. The normalized spacial score (nSPS) is 16.3. The molecule has 0 bridgehead atoms. The molecule has 0 saturated carbocycles. The molecule has 0 aromatic heterocycles. The van der Waals surface area contributed by atoms with Crippen molar-refractivity contribution in [2.75, 3.05) is 46.3 Å². The third-order valence-corrected chi connectivity index (χ3v) is 5.04. The van der Waals surface area contributed by atoms with Crippen LogP contribution in [-0.2, 0) is 13.1 Å². The molecule has 5 nitrogen and oxygen atoms in total.